The van der Waals surface area contributed by atoms with Crippen LogP contribution in [0.1, 0.15) is 25.5 Å². The first-order chi connectivity index (χ1) is 7.18. The van der Waals surface area contributed by atoms with Crippen LogP contribution in [0.2, 0.25) is 0 Å². The lowest BCUT2D eigenvalue weighted by Crippen LogP contribution is -2.32. The van der Waals surface area contributed by atoms with E-state index >= 15 is 0 Å². The van der Waals surface area contributed by atoms with Crippen LogP contribution in [0.4, 0.5) is 0 Å². The molecule has 1 unspecified atom stereocenters. The summed E-state index contributed by atoms with van der Waals surface area (Å²) >= 11 is 5.38. The van der Waals surface area contributed by atoms with E-state index in [1.807, 2.05) is 12.1 Å². The van der Waals surface area contributed by atoms with Crippen LogP contribution < -0.4 is 5.32 Å². The smallest absolute Gasteiger partial charge is 0.169 e. The van der Waals surface area contributed by atoms with Crippen molar-refractivity contribution < 1.29 is 4.42 Å². The fourth-order valence-electron chi connectivity index (χ4n) is 1.87. The highest BCUT2D eigenvalue weighted by Gasteiger charge is 2.28. The normalized spacial score (nSPS) is 26.0. The molecule has 0 aliphatic carbocycles. The van der Waals surface area contributed by atoms with Crippen LogP contribution in [0.15, 0.2) is 21.2 Å². The van der Waals surface area contributed by atoms with E-state index in [2.05, 4.69) is 39.9 Å². The fraction of sp³-hybridized carbons (Fsp3) is 0.636. The van der Waals surface area contributed by atoms with Gasteiger partial charge in [-0.2, -0.15) is 11.8 Å². The summed E-state index contributed by atoms with van der Waals surface area (Å²) in [6.07, 6.45) is 2.68. The number of rotatable bonds is 4. The number of furan rings is 1. The lowest BCUT2D eigenvalue weighted by Gasteiger charge is -2.22. The standard InChI is InChI=1S/C11H16BrNOS/c1-11(5-2-6-15-11)8-13-7-9-3-4-10(12)14-9/h3-4,13H,2,5-8H2,1H3. The van der Waals surface area contributed by atoms with Crippen LogP contribution in [0, 0.1) is 0 Å². The summed E-state index contributed by atoms with van der Waals surface area (Å²) in [4.78, 5) is 0. The lowest BCUT2D eigenvalue weighted by atomic mass is 10.1. The van der Waals surface area contributed by atoms with E-state index in [1.54, 1.807) is 0 Å². The molecule has 1 aromatic rings. The average Bonchev–Trinajstić information content (AvgIpc) is 2.76. The topological polar surface area (TPSA) is 25.2 Å². The van der Waals surface area contributed by atoms with Gasteiger partial charge in [0.2, 0.25) is 0 Å². The summed E-state index contributed by atoms with van der Waals surface area (Å²) in [6.45, 7) is 4.23. The van der Waals surface area contributed by atoms with Crippen LogP contribution in [0.5, 0.6) is 0 Å². The molecule has 1 aliphatic heterocycles. The summed E-state index contributed by atoms with van der Waals surface area (Å²) in [5.41, 5.74) is 0. The first-order valence-corrected chi connectivity index (χ1v) is 7.05. The van der Waals surface area contributed by atoms with E-state index in [4.69, 9.17) is 4.42 Å². The van der Waals surface area contributed by atoms with E-state index in [0.717, 1.165) is 23.5 Å². The monoisotopic (exact) mass is 289 g/mol. The van der Waals surface area contributed by atoms with Crippen LogP contribution in [0.25, 0.3) is 0 Å². The van der Waals surface area contributed by atoms with E-state index in [0.29, 0.717) is 4.75 Å². The largest absolute Gasteiger partial charge is 0.453 e. The summed E-state index contributed by atoms with van der Waals surface area (Å²) in [6, 6.07) is 3.93. The summed E-state index contributed by atoms with van der Waals surface area (Å²) in [5.74, 6) is 2.30. The van der Waals surface area contributed by atoms with Crippen molar-refractivity contribution in [3.8, 4) is 0 Å². The molecule has 1 atom stereocenters. The van der Waals surface area contributed by atoms with E-state index in [1.165, 1.54) is 18.6 Å². The Morgan fingerprint density at radius 1 is 1.60 bits per heavy atom. The molecule has 0 bridgehead atoms. The van der Waals surface area contributed by atoms with Crippen LogP contribution >= 0.6 is 27.7 Å². The molecule has 15 heavy (non-hydrogen) atoms. The Morgan fingerprint density at radius 2 is 2.47 bits per heavy atom. The van der Waals surface area contributed by atoms with Gasteiger partial charge in [0.05, 0.1) is 6.54 Å². The first-order valence-electron chi connectivity index (χ1n) is 5.27. The van der Waals surface area contributed by atoms with Crippen molar-refractivity contribution in [2.45, 2.75) is 31.1 Å². The van der Waals surface area contributed by atoms with Gasteiger partial charge in [0.1, 0.15) is 5.76 Å². The van der Waals surface area contributed by atoms with Gasteiger partial charge in [-0.05, 0) is 53.6 Å². The molecule has 0 aromatic carbocycles. The quantitative estimate of drug-likeness (QED) is 0.920. The van der Waals surface area contributed by atoms with Gasteiger partial charge in [-0.15, -0.1) is 0 Å². The molecule has 2 nitrogen and oxygen atoms in total. The molecule has 0 amide bonds. The Morgan fingerprint density at radius 3 is 3.07 bits per heavy atom. The highest BCUT2D eigenvalue weighted by Crippen LogP contribution is 2.36. The molecule has 1 aromatic heterocycles. The lowest BCUT2D eigenvalue weighted by molar-refractivity contribution is 0.450. The predicted molar refractivity (Wildman–Crippen MR) is 68.2 cm³/mol. The zero-order valence-corrected chi connectivity index (χ0v) is 11.3. The molecule has 1 fully saturated rings. The second kappa shape index (κ2) is 4.93. The van der Waals surface area contributed by atoms with Crippen molar-refractivity contribution in [3.63, 3.8) is 0 Å². The molecule has 0 saturated carbocycles. The predicted octanol–water partition coefficient (Wildman–Crippen LogP) is 3.42. The van der Waals surface area contributed by atoms with E-state index in [-0.39, 0.29) is 0 Å². The first kappa shape index (κ1) is 11.6. The molecule has 1 aliphatic rings. The minimum Gasteiger partial charge on any atom is -0.453 e. The van der Waals surface area contributed by atoms with Gasteiger partial charge >= 0.3 is 0 Å². The zero-order valence-electron chi connectivity index (χ0n) is 8.88. The van der Waals surface area contributed by atoms with E-state index < -0.39 is 0 Å². The Kier molecular flexibility index (Phi) is 3.80. The van der Waals surface area contributed by atoms with Gasteiger partial charge < -0.3 is 9.73 Å². The maximum atomic E-state index is 5.43. The zero-order chi connectivity index (χ0) is 10.7. The Bertz CT molecular complexity index is 320. The molecule has 1 N–H and O–H groups in total. The minimum absolute atomic E-state index is 0.434. The number of hydrogen-bond acceptors (Lipinski definition) is 3. The molecular weight excluding hydrogens is 274 g/mol. The molecule has 2 heterocycles. The van der Waals surface area contributed by atoms with Crippen LogP contribution in [-0.2, 0) is 6.54 Å². The summed E-state index contributed by atoms with van der Waals surface area (Å²) < 4.78 is 6.67. The third-order valence-corrected chi connectivity index (χ3v) is 4.69. The van der Waals surface area contributed by atoms with Crippen molar-refractivity contribution >= 4 is 27.7 Å². The number of thioether (sulfide) groups is 1. The molecule has 0 spiro atoms. The maximum absolute atomic E-state index is 5.43. The van der Waals surface area contributed by atoms with Crippen molar-refractivity contribution in [2.75, 3.05) is 12.3 Å². The van der Waals surface area contributed by atoms with Crippen molar-refractivity contribution in [1.29, 1.82) is 0 Å². The van der Waals surface area contributed by atoms with Crippen molar-refractivity contribution in [2.24, 2.45) is 0 Å². The molecule has 84 valence electrons. The Labute approximate surface area is 103 Å². The summed E-state index contributed by atoms with van der Waals surface area (Å²) in [7, 11) is 0. The van der Waals surface area contributed by atoms with Gasteiger partial charge in [-0.1, -0.05) is 0 Å². The Balaban J connectivity index is 1.75. The number of nitrogens with one attached hydrogen (secondary N) is 1. The second-order valence-corrected chi connectivity index (χ2v) is 6.68. The van der Waals surface area contributed by atoms with Gasteiger partial charge in [-0.25, -0.2) is 0 Å². The summed E-state index contributed by atoms with van der Waals surface area (Å²) in [5, 5.41) is 3.46. The van der Waals surface area contributed by atoms with Gasteiger partial charge in [0.15, 0.2) is 4.67 Å². The maximum Gasteiger partial charge on any atom is 0.169 e. The molecule has 4 heteroatoms. The highest BCUT2D eigenvalue weighted by atomic mass is 79.9. The molecule has 2 rings (SSSR count). The highest BCUT2D eigenvalue weighted by molar-refractivity contribution is 9.10. The Hall–Kier alpha value is 0.0700. The SMILES string of the molecule is CC1(CNCc2ccc(Br)o2)CCCS1. The van der Waals surface area contributed by atoms with Gasteiger partial charge in [-0.3, -0.25) is 0 Å². The van der Waals surface area contributed by atoms with Gasteiger partial charge in [0.25, 0.3) is 0 Å². The number of hydrogen-bond donors (Lipinski definition) is 1. The van der Waals surface area contributed by atoms with Gasteiger partial charge in [0, 0.05) is 11.3 Å². The third kappa shape index (κ3) is 3.26. The number of halogens is 1. The molecular formula is C11H16BrNOS. The fourth-order valence-corrected chi connectivity index (χ4v) is 3.49. The molecule has 1 saturated heterocycles. The van der Waals surface area contributed by atoms with Crippen LogP contribution in [0.3, 0.4) is 0 Å². The molecule has 0 radical (unpaired) electrons. The van der Waals surface area contributed by atoms with Crippen molar-refractivity contribution in [1.82, 2.24) is 5.32 Å². The second-order valence-electron chi connectivity index (χ2n) is 4.21. The van der Waals surface area contributed by atoms with E-state index in [9.17, 15) is 0 Å². The van der Waals surface area contributed by atoms with Crippen molar-refractivity contribution in [3.05, 3.63) is 22.6 Å². The minimum atomic E-state index is 0.434. The average molecular weight is 290 g/mol. The third-order valence-electron chi connectivity index (χ3n) is 2.73. The van der Waals surface area contributed by atoms with Crippen LogP contribution in [-0.4, -0.2) is 17.0 Å².